The number of nitrogens with zero attached hydrogens (tertiary/aromatic N) is 1. The third-order valence-electron chi connectivity index (χ3n) is 11.1. The fourth-order valence-corrected chi connectivity index (χ4v) is 7.73. The van der Waals surface area contributed by atoms with Gasteiger partial charge >= 0.3 is 24.2 Å². The van der Waals surface area contributed by atoms with Gasteiger partial charge in [0.05, 0.1) is 5.92 Å². The largest absolute Gasteiger partial charge is 0.480 e. The van der Waals surface area contributed by atoms with Gasteiger partial charge in [-0.1, -0.05) is 74.5 Å². The van der Waals surface area contributed by atoms with Gasteiger partial charge in [-0.2, -0.15) is 0 Å². The Kier molecular flexibility index (Phi) is 22.2. The highest BCUT2D eigenvalue weighted by Crippen LogP contribution is 2.25. The molecule has 1 aliphatic rings. The summed E-state index contributed by atoms with van der Waals surface area (Å²) in [5.41, 5.74) is -2.53. The first-order valence-electron chi connectivity index (χ1n) is 24.5. The molecule has 0 bridgehead atoms. The Bertz CT molecular complexity index is 2090. The number of carboxylic acids is 1. The molecule has 2 aromatic carbocycles. The van der Waals surface area contributed by atoms with Crippen molar-refractivity contribution in [3.63, 3.8) is 0 Å². The number of nitrogens with one attached hydrogen (secondary N) is 6. The topological polar surface area (TPSA) is 260 Å². The summed E-state index contributed by atoms with van der Waals surface area (Å²) in [6, 6.07) is 14.8. The zero-order valence-electron chi connectivity index (χ0n) is 43.5. The molecule has 71 heavy (non-hydrogen) atoms. The number of ether oxygens (including phenoxy) is 3. The first-order valence-corrected chi connectivity index (χ1v) is 24.5. The standard InChI is InChI=1S/C52H79N7O12/c1-34(2)30-39(57-43(62)40(32-36-22-16-13-17-23-36)56-41(60)37(31-35-20-14-12-15-21-35)33-54-47(67)70-50(6,7)8)42(61)55-38(24-18-19-27-53-46(66)69-49(3,4)5)44(63)59-28-25-52(26-29-59,45(64)65)58-48(68)71-51(9,10)11/h12-17,20-23,34,37-40H,18-19,24-33H2,1-11H3,(H,53,66)(H,54,67)(H,55,61)(H,56,60)(H,57,62)(H,58,68)(H,64,65). The molecule has 7 amide bonds. The highest BCUT2D eigenvalue weighted by Gasteiger charge is 2.45. The van der Waals surface area contributed by atoms with Crippen molar-refractivity contribution in [2.45, 2.75) is 168 Å². The smallest absolute Gasteiger partial charge is 0.408 e. The Hall–Kier alpha value is -6.40. The Morgan fingerprint density at radius 3 is 1.58 bits per heavy atom. The minimum Gasteiger partial charge on any atom is -0.480 e. The summed E-state index contributed by atoms with van der Waals surface area (Å²) in [6.45, 7) is 19.1. The number of hydrogen-bond donors (Lipinski definition) is 7. The molecule has 4 unspecified atom stereocenters. The molecule has 19 nitrogen and oxygen atoms in total. The molecule has 7 N–H and O–H groups in total. The average molecular weight is 994 g/mol. The van der Waals surface area contributed by atoms with Crippen LogP contribution in [-0.4, -0.2) is 125 Å². The summed E-state index contributed by atoms with van der Waals surface area (Å²) in [7, 11) is 0. The first-order chi connectivity index (χ1) is 33.0. The molecule has 0 aliphatic carbocycles. The summed E-state index contributed by atoms with van der Waals surface area (Å²) in [4.78, 5) is 109. The van der Waals surface area contributed by atoms with E-state index in [2.05, 4.69) is 31.9 Å². The third kappa shape index (κ3) is 22.1. The lowest BCUT2D eigenvalue weighted by atomic mass is 9.87. The number of alkyl carbamates (subject to hydrolysis) is 3. The van der Waals surface area contributed by atoms with Crippen molar-refractivity contribution < 1.29 is 57.7 Å². The maximum Gasteiger partial charge on any atom is 0.408 e. The van der Waals surface area contributed by atoms with Gasteiger partial charge in [0.15, 0.2) is 0 Å². The molecule has 0 aromatic heterocycles. The van der Waals surface area contributed by atoms with Crippen molar-refractivity contribution in [3.8, 4) is 0 Å². The molecular weight excluding hydrogens is 915 g/mol. The number of piperidine rings is 1. The highest BCUT2D eigenvalue weighted by atomic mass is 16.6. The van der Waals surface area contributed by atoms with E-state index in [-0.39, 0.29) is 70.6 Å². The number of likely N-dealkylation sites (tertiary alicyclic amines) is 1. The van der Waals surface area contributed by atoms with Crippen molar-refractivity contribution in [1.29, 1.82) is 0 Å². The van der Waals surface area contributed by atoms with Crippen LogP contribution in [0.15, 0.2) is 60.7 Å². The minimum atomic E-state index is -1.71. The van der Waals surface area contributed by atoms with Crippen LogP contribution in [0.4, 0.5) is 14.4 Å². The van der Waals surface area contributed by atoms with E-state index in [9.17, 15) is 43.5 Å². The Morgan fingerprint density at radius 1 is 0.606 bits per heavy atom. The van der Waals surface area contributed by atoms with Crippen LogP contribution in [0, 0.1) is 11.8 Å². The molecule has 0 radical (unpaired) electrons. The highest BCUT2D eigenvalue weighted by molar-refractivity contribution is 5.95. The van der Waals surface area contributed by atoms with Gasteiger partial charge in [-0.15, -0.1) is 0 Å². The number of hydrogen-bond acceptors (Lipinski definition) is 11. The lowest BCUT2D eigenvalue weighted by Gasteiger charge is -2.40. The second-order valence-corrected chi connectivity index (χ2v) is 21.5. The van der Waals surface area contributed by atoms with Gasteiger partial charge in [-0.3, -0.25) is 19.2 Å². The van der Waals surface area contributed by atoms with E-state index in [0.717, 1.165) is 11.1 Å². The molecule has 1 heterocycles. The predicted octanol–water partition coefficient (Wildman–Crippen LogP) is 5.78. The van der Waals surface area contributed by atoms with Crippen molar-refractivity contribution in [2.75, 3.05) is 26.2 Å². The first kappa shape index (κ1) is 58.9. The number of carbonyl (C=O) groups is 8. The second kappa shape index (κ2) is 26.7. The number of benzene rings is 2. The zero-order chi connectivity index (χ0) is 53.2. The van der Waals surface area contributed by atoms with E-state index < -0.39 is 94.3 Å². The maximum atomic E-state index is 14.5. The van der Waals surface area contributed by atoms with Crippen LogP contribution < -0.4 is 31.9 Å². The SMILES string of the molecule is CC(C)CC(NC(=O)C(Cc1ccccc1)NC(=O)C(CNC(=O)OC(C)(C)C)Cc1ccccc1)C(=O)NC(CCCCNC(=O)OC(C)(C)C)C(=O)N1CCC(NC(=O)OC(C)(C)C)(C(=O)O)CC1. The lowest BCUT2D eigenvalue weighted by molar-refractivity contribution is -0.150. The van der Waals surface area contributed by atoms with Gasteiger partial charge in [0.1, 0.15) is 40.5 Å². The van der Waals surface area contributed by atoms with E-state index >= 15 is 0 Å². The van der Waals surface area contributed by atoms with Crippen molar-refractivity contribution >= 4 is 47.9 Å². The molecule has 4 atom stereocenters. The van der Waals surface area contributed by atoms with Crippen LogP contribution in [-0.2, 0) is 51.0 Å². The van der Waals surface area contributed by atoms with Crippen LogP contribution in [0.2, 0.25) is 0 Å². The van der Waals surface area contributed by atoms with Crippen LogP contribution >= 0.6 is 0 Å². The molecule has 1 saturated heterocycles. The molecule has 394 valence electrons. The van der Waals surface area contributed by atoms with E-state index in [4.69, 9.17) is 14.2 Å². The van der Waals surface area contributed by atoms with Crippen molar-refractivity contribution in [3.05, 3.63) is 71.8 Å². The molecule has 1 aliphatic heterocycles. The fourth-order valence-electron chi connectivity index (χ4n) is 7.73. The van der Waals surface area contributed by atoms with E-state index in [1.807, 2.05) is 62.4 Å². The summed E-state index contributed by atoms with van der Waals surface area (Å²) in [5, 5.41) is 26.8. The minimum absolute atomic E-state index is 0.0556. The summed E-state index contributed by atoms with van der Waals surface area (Å²) in [5.74, 6) is -4.57. The Balaban J connectivity index is 1.89. The third-order valence-corrected chi connectivity index (χ3v) is 11.1. The molecule has 2 aromatic rings. The van der Waals surface area contributed by atoms with Gasteiger partial charge in [0, 0.05) is 32.6 Å². The Morgan fingerprint density at radius 2 is 1.07 bits per heavy atom. The molecule has 3 rings (SSSR count). The molecule has 19 heteroatoms. The summed E-state index contributed by atoms with van der Waals surface area (Å²) < 4.78 is 16.1. The summed E-state index contributed by atoms with van der Waals surface area (Å²) in [6.07, 6.45) is -1.18. The predicted molar refractivity (Wildman–Crippen MR) is 267 cm³/mol. The van der Waals surface area contributed by atoms with Crippen LogP contribution in [0.25, 0.3) is 0 Å². The number of rotatable bonds is 22. The van der Waals surface area contributed by atoms with Crippen LogP contribution in [0.5, 0.6) is 0 Å². The van der Waals surface area contributed by atoms with E-state index in [0.29, 0.717) is 12.8 Å². The van der Waals surface area contributed by atoms with Gasteiger partial charge in [0.2, 0.25) is 23.6 Å². The normalized spacial score (nSPS) is 15.4. The molecular formula is C52H79N7O12. The lowest BCUT2D eigenvalue weighted by Crippen LogP contribution is -2.63. The van der Waals surface area contributed by atoms with E-state index in [1.54, 1.807) is 74.4 Å². The van der Waals surface area contributed by atoms with Gasteiger partial charge < -0.3 is 56.1 Å². The second-order valence-electron chi connectivity index (χ2n) is 21.5. The molecule has 1 fully saturated rings. The van der Waals surface area contributed by atoms with Gasteiger partial charge in [0.25, 0.3) is 0 Å². The number of aliphatic carboxylic acids is 1. The quantitative estimate of drug-likeness (QED) is 0.0548. The maximum absolute atomic E-state index is 14.5. The number of carboxylic acid groups (broad SMARTS) is 1. The van der Waals surface area contributed by atoms with E-state index in [1.165, 1.54) is 4.90 Å². The van der Waals surface area contributed by atoms with Gasteiger partial charge in [-0.05, 0) is 124 Å². The van der Waals surface area contributed by atoms with Crippen LogP contribution in [0.1, 0.15) is 126 Å². The summed E-state index contributed by atoms with van der Waals surface area (Å²) >= 11 is 0. The monoisotopic (exact) mass is 994 g/mol. The fraction of sp³-hybridized carbons (Fsp3) is 0.615. The number of amides is 7. The number of carbonyl (C=O) groups excluding carboxylic acids is 7. The van der Waals surface area contributed by atoms with Crippen molar-refractivity contribution in [2.24, 2.45) is 11.8 Å². The Labute approximate surface area is 419 Å². The van der Waals surface area contributed by atoms with Crippen molar-refractivity contribution in [1.82, 2.24) is 36.8 Å². The number of unbranched alkanes of at least 4 members (excludes halogenated alkanes) is 1. The van der Waals surface area contributed by atoms with Gasteiger partial charge in [-0.25, -0.2) is 19.2 Å². The van der Waals surface area contributed by atoms with Crippen LogP contribution in [0.3, 0.4) is 0 Å². The zero-order valence-corrected chi connectivity index (χ0v) is 43.5. The average Bonchev–Trinajstić information content (AvgIpc) is 3.25. The molecule has 0 spiro atoms. The molecule has 0 saturated carbocycles.